The first-order valence-electron chi connectivity index (χ1n) is 7.94. The highest BCUT2D eigenvalue weighted by Gasteiger charge is 2.07. The molecule has 0 aliphatic rings. The Morgan fingerprint density at radius 2 is 1.62 bits per heavy atom. The lowest BCUT2D eigenvalue weighted by Gasteiger charge is -2.10. The molecular weight excluding hydrogens is 296 g/mol. The first-order chi connectivity index (χ1) is 11.8. The van der Waals surface area contributed by atoms with Crippen LogP contribution in [0, 0.1) is 0 Å². The maximum atomic E-state index is 6.10. The van der Waals surface area contributed by atoms with Crippen molar-refractivity contribution >= 4 is 16.6 Å². The quantitative estimate of drug-likeness (QED) is 0.550. The highest BCUT2D eigenvalue weighted by atomic mass is 16.5. The number of ether oxygens (including phenoxy) is 1. The summed E-state index contributed by atoms with van der Waals surface area (Å²) in [5.41, 5.74) is 10.1. The van der Waals surface area contributed by atoms with Gasteiger partial charge in [0, 0.05) is 11.6 Å². The highest BCUT2D eigenvalue weighted by Crippen LogP contribution is 2.27. The number of nitrogens with zero attached hydrogens (tertiary/aromatic N) is 1. The Morgan fingerprint density at radius 3 is 2.46 bits per heavy atom. The molecule has 0 fully saturated rings. The van der Waals surface area contributed by atoms with Gasteiger partial charge in [-0.05, 0) is 42.0 Å². The molecule has 0 aliphatic heterocycles. The molecule has 4 rings (SSSR count). The summed E-state index contributed by atoms with van der Waals surface area (Å²) in [5, 5.41) is 1.13. The molecule has 1 heterocycles. The van der Waals surface area contributed by atoms with Gasteiger partial charge in [-0.1, -0.05) is 42.5 Å². The second kappa shape index (κ2) is 6.13. The molecule has 0 unspecified atom stereocenters. The summed E-state index contributed by atoms with van der Waals surface area (Å²) in [4.78, 5) is 0. The van der Waals surface area contributed by atoms with Crippen LogP contribution in [0.5, 0.6) is 5.75 Å². The zero-order valence-electron chi connectivity index (χ0n) is 13.2. The molecule has 3 aromatic carbocycles. The van der Waals surface area contributed by atoms with Crippen LogP contribution in [0.4, 0.5) is 5.69 Å². The maximum Gasteiger partial charge on any atom is 0.120 e. The van der Waals surface area contributed by atoms with Crippen molar-refractivity contribution in [3.63, 3.8) is 0 Å². The first kappa shape index (κ1) is 14.4. The molecule has 0 spiro atoms. The SMILES string of the molecule is Nc1ccccc1-n1ccc2cc(OCc3ccccc3)ccc21. The average Bonchev–Trinajstić information content (AvgIpc) is 3.04. The van der Waals surface area contributed by atoms with Crippen LogP contribution in [0.15, 0.2) is 85.1 Å². The molecule has 3 nitrogen and oxygen atoms in total. The average molecular weight is 314 g/mol. The Bertz CT molecular complexity index is 973. The Hall–Kier alpha value is -3.20. The van der Waals surface area contributed by atoms with Gasteiger partial charge in [-0.25, -0.2) is 0 Å². The molecule has 0 amide bonds. The van der Waals surface area contributed by atoms with Crippen LogP contribution in [-0.2, 0) is 6.61 Å². The van der Waals surface area contributed by atoms with E-state index in [1.54, 1.807) is 0 Å². The third kappa shape index (κ3) is 2.72. The van der Waals surface area contributed by atoms with E-state index < -0.39 is 0 Å². The van der Waals surface area contributed by atoms with Gasteiger partial charge in [0.25, 0.3) is 0 Å². The van der Waals surface area contributed by atoms with E-state index in [1.165, 1.54) is 0 Å². The largest absolute Gasteiger partial charge is 0.489 e. The van der Waals surface area contributed by atoms with E-state index in [0.29, 0.717) is 6.61 Å². The summed E-state index contributed by atoms with van der Waals surface area (Å²) in [6.45, 7) is 0.568. The van der Waals surface area contributed by atoms with Gasteiger partial charge < -0.3 is 15.0 Å². The van der Waals surface area contributed by atoms with E-state index in [9.17, 15) is 0 Å². The van der Waals surface area contributed by atoms with E-state index in [4.69, 9.17) is 10.5 Å². The fourth-order valence-electron chi connectivity index (χ4n) is 2.87. The lowest BCUT2D eigenvalue weighted by Crippen LogP contribution is -1.98. The van der Waals surface area contributed by atoms with Crippen molar-refractivity contribution in [1.29, 1.82) is 0 Å². The van der Waals surface area contributed by atoms with Gasteiger partial charge in [0.2, 0.25) is 0 Å². The number of para-hydroxylation sites is 2. The van der Waals surface area contributed by atoms with Gasteiger partial charge in [-0.15, -0.1) is 0 Å². The van der Waals surface area contributed by atoms with Crippen LogP contribution < -0.4 is 10.5 Å². The van der Waals surface area contributed by atoms with Crippen LogP contribution >= 0.6 is 0 Å². The molecule has 3 heteroatoms. The van der Waals surface area contributed by atoms with Crippen molar-refractivity contribution in [3.8, 4) is 11.4 Å². The summed E-state index contributed by atoms with van der Waals surface area (Å²) in [7, 11) is 0. The number of hydrogen-bond donors (Lipinski definition) is 1. The predicted octanol–water partition coefficient (Wildman–Crippen LogP) is 4.79. The van der Waals surface area contributed by atoms with Crippen molar-refractivity contribution in [3.05, 3.63) is 90.6 Å². The first-order valence-corrected chi connectivity index (χ1v) is 7.94. The maximum absolute atomic E-state index is 6.10. The monoisotopic (exact) mass is 314 g/mol. The van der Waals surface area contributed by atoms with Crippen molar-refractivity contribution < 1.29 is 4.74 Å². The van der Waals surface area contributed by atoms with E-state index in [1.807, 2.05) is 54.7 Å². The zero-order chi connectivity index (χ0) is 16.4. The van der Waals surface area contributed by atoms with E-state index >= 15 is 0 Å². The summed E-state index contributed by atoms with van der Waals surface area (Å²) < 4.78 is 8.01. The highest BCUT2D eigenvalue weighted by molar-refractivity contribution is 5.84. The van der Waals surface area contributed by atoms with Gasteiger partial charge in [0.05, 0.1) is 16.9 Å². The van der Waals surface area contributed by atoms with Gasteiger partial charge >= 0.3 is 0 Å². The molecule has 0 atom stereocenters. The number of benzene rings is 3. The Balaban J connectivity index is 1.62. The second-order valence-electron chi connectivity index (χ2n) is 5.74. The van der Waals surface area contributed by atoms with E-state index in [-0.39, 0.29) is 0 Å². The minimum absolute atomic E-state index is 0.568. The van der Waals surface area contributed by atoms with Gasteiger partial charge in [-0.2, -0.15) is 0 Å². The summed E-state index contributed by atoms with van der Waals surface area (Å²) in [5.74, 6) is 0.866. The van der Waals surface area contributed by atoms with Crippen molar-refractivity contribution in [2.75, 3.05) is 5.73 Å². The third-order valence-corrected chi connectivity index (χ3v) is 4.11. The van der Waals surface area contributed by atoms with Crippen molar-refractivity contribution in [2.24, 2.45) is 0 Å². The molecule has 4 aromatic rings. The lowest BCUT2D eigenvalue weighted by molar-refractivity contribution is 0.306. The number of aromatic nitrogens is 1. The van der Waals surface area contributed by atoms with Gasteiger partial charge in [-0.3, -0.25) is 0 Å². The number of nitrogen functional groups attached to an aromatic ring is 1. The second-order valence-corrected chi connectivity index (χ2v) is 5.74. The molecule has 0 bridgehead atoms. The van der Waals surface area contributed by atoms with E-state index in [2.05, 4.69) is 34.9 Å². The zero-order valence-corrected chi connectivity index (χ0v) is 13.2. The van der Waals surface area contributed by atoms with Gasteiger partial charge in [0.15, 0.2) is 0 Å². The third-order valence-electron chi connectivity index (χ3n) is 4.11. The van der Waals surface area contributed by atoms with E-state index in [0.717, 1.165) is 33.6 Å². The number of nitrogens with two attached hydrogens (primary N) is 1. The molecule has 1 aromatic heterocycles. The minimum Gasteiger partial charge on any atom is -0.489 e. The summed E-state index contributed by atoms with van der Waals surface area (Å²) >= 11 is 0. The van der Waals surface area contributed by atoms with Crippen LogP contribution in [0.3, 0.4) is 0 Å². The molecule has 0 saturated heterocycles. The van der Waals surface area contributed by atoms with Gasteiger partial charge in [0.1, 0.15) is 12.4 Å². The molecule has 0 radical (unpaired) electrons. The lowest BCUT2D eigenvalue weighted by atomic mass is 10.2. The number of fused-ring (bicyclic) bond motifs is 1. The smallest absolute Gasteiger partial charge is 0.120 e. The number of hydrogen-bond acceptors (Lipinski definition) is 2. The minimum atomic E-state index is 0.568. The van der Waals surface area contributed by atoms with Crippen LogP contribution in [0.25, 0.3) is 16.6 Å². The fraction of sp³-hybridized carbons (Fsp3) is 0.0476. The van der Waals surface area contributed by atoms with Crippen LogP contribution in [-0.4, -0.2) is 4.57 Å². The topological polar surface area (TPSA) is 40.2 Å². The predicted molar refractivity (Wildman–Crippen MR) is 98.5 cm³/mol. The molecule has 118 valence electrons. The fourth-order valence-corrected chi connectivity index (χ4v) is 2.87. The van der Waals surface area contributed by atoms with Crippen LogP contribution in [0.2, 0.25) is 0 Å². The summed E-state index contributed by atoms with van der Waals surface area (Å²) in [6.07, 6.45) is 2.04. The number of anilines is 1. The molecule has 0 aliphatic carbocycles. The normalized spacial score (nSPS) is 10.8. The Labute approximate surface area is 140 Å². The van der Waals surface area contributed by atoms with Crippen molar-refractivity contribution in [2.45, 2.75) is 6.61 Å². The van der Waals surface area contributed by atoms with Crippen LogP contribution in [0.1, 0.15) is 5.56 Å². The molecule has 2 N–H and O–H groups in total. The number of rotatable bonds is 4. The Morgan fingerprint density at radius 1 is 0.833 bits per heavy atom. The molecule has 24 heavy (non-hydrogen) atoms. The van der Waals surface area contributed by atoms with Crippen molar-refractivity contribution in [1.82, 2.24) is 4.57 Å². The summed E-state index contributed by atoms with van der Waals surface area (Å²) in [6, 6.07) is 26.3. The molecule has 0 saturated carbocycles. The Kier molecular flexibility index (Phi) is 3.67. The standard InChI is InChI=1S/C21H18N2O/c22-19-8-4-5-9-21(19)23-13-12-17-14-18(10-11-20(17)23)24-15-16-6-2-1-3-7-16/h1-14H,15,22H2. The molecular formula is C21H18N2O.